The largest absolute Gasteiger partial charge is 0.353 e. The molecular weight excluding hydrogens is 441 g/mol. The topological polar surface area (TPSA) is 62.5 Å². The van der Waals surface area contributed by atoms with E-state index in [1.165, 1.54) is 17.7 Å². The number of imidazole rings is 1. The van der Waals surface area contributed by atoms with Gasteiger partial charge in [0.2, 0.25) is 0 Å². The third kappa shape index (κ3) is 4.36. The van der Waals surface area contributed by atoms with Gasteiger partial charge in [-0.05, 0) is 35.4 Å². The van der Waals surface area contributed by atoms with E-state index < -0.39 is 0 Å². The highest BCUT2D eigenvalue weighted by molar-refractivity contribution is 5.81. The van der Waals surface area contributed by atoms with Gasteiger partial charge in [-0.25, -0.2) is 13.9 Å². The van der Waals surface area contributed by atoms with E-state index in [2.05, 4.69) is 55.3 Å². The Kier molecular flexibility index (Phi) is 5.64. The number of nitrogens with zero attached hydrogens (tertiary/aromatic N) is 7. The van der Waals surface area contributed by atoms with Crippen molar-refractivity contribution in [3.05, 3.63) is 96.7 Å². The van der Waals surface area contributed by atoms with E-state index in [0.717, 1.165) is 66.6 Å². The van der Waals surface area contributed by atoms with Gasteiger partial charge < -0.3 is 4.90 Å². The molecule has 0 spiro atoms. The van der Waals surface area contributed by atoms with Crippen molar-refractivity contribution >= 4 is 11.5 Å². The van der Waals surface area contributed by atoms with Gasteiger partial charge >= 0.3 is 0 Å². The molecule has 1 fully saturated rings. The van der Waals surface area contributed by atoms with E-state index in [1.54, 1.807) is 30.7 Å². The molecule has 0 radical (unpaired) electrons. The Hall–Kier alpha value is -4.17. The molecule has 3 aromatic heterocycles. The van der Waals surface area contributed by atoms with Crippen molar-refractivity contribution in [3.63, 3.8) is 0 Å². The first kappa shape index (κ1) is 21.4. The average Bonchev–Trinajstić information content (AvgIpc) is 3.34. The molecule has 0 unspecified atom stereocenters. The van der Waals surface area contributed by atoms with Crippen LogP contribution in [0.3, 0.4) is 0 Å². The minimum absolute atomic E-state index is 0.263. The second-order valence-corrected chi connectivity index (χ2v) is 8.68. The molecule has 0 bridgehead atoms. The number of rotatable bonds is 5. The van der Waals surface area contributed by atoms with Gasteiger partial charge in [0.05, 0.1) is 24.3 Å². The van der Waals surface area contributed by atoms with Crippen molar-refractivity contribution in [3.8, 4) is 22.4 Å². The quantitative estimate of drug-likeness (QED) is 0.385. The minimum atomic E-state index is -0.263. The summed E-state index contributed by atoms with van der Waals surface area (Å²) in [6.45, 7) is 4.59. The maximum Gasteiger partial charge on any atom is 0.162 e. The van der Waals surface area contributed by atoms with Crippen LogP contribution in [-0.2, 0) is 6.54 Å². The van der Waals surface area contributed by atoms with Crippen LogP contribution in [0.2, 0.25) is 0 Å². The molecule has 1 aliphatic rings. The number of anilines is 1. The van der Waals surface area contributed by atoms with Gasteiger partial charge in [0.1, 0.15) is 11.6 Å². The molecular formula is C27H24FN7. The molecule has 1 saturated heterocycles. The summed E-state index contributed by atoms with van der Waals surface area (Å²) in [6, 6.07) is 21.1. The standard InChI is InChI=1S/C27H24FN7/c28-23-8-6-21(7-9-23)24-16-26(32-35-25(18-29-27(24)35)22-10-11-30-31-17-22)34-14-12-33(13-15-34)19-20-4-2-1-3-5-20/h1-11,16-18H,12-15,19H2. The lowest BCUT2D eigenvalue weighted by molar-refractivity contribution is 0.249. The lowest BCUT2D eigenvalue weighted by Gasteiger charge is -2.35. The Morgan fingerprint density at radius 3 is 2.34 bits per heavy atom. The highest BCUT2D eigenvalue weighted by Gasteiger charge is 2.21. The zero-order valence-electron chi connectivity index (χ0n) is 19.1. The smallest absolute Gasteiger partial charge is 0.162 e. The monoisotopic (exact) mass is 465 g/mol. The van der Waals surface area contributed by atoms with Crippen molar-refractivity contribution in [2.24, 2.45) is 0 Å². The highest BCUT2D eigenvalue weighted by Crippen LogP contribution is 2.31. The summed E-state index contributed by atoms with van der Waals surface area (Å²) in [5, 5.41) is 12.9. The zero-order chi connectivity index (χ0) is 23.6. The number of hydrogen-bond acceptors (Lipinski definition) is 6. The van der Waals surface area contributed by atoms with E-state index in [4.69, 9.17) is 5.10 Å². The Morgan fingerprint density at radius 2 is 1.60 bits per heavy atom. The molecule has 2 aromatic carbocycles. The molecule has 0 N–H and O–H groups in total. The maximum absolute atomic E-state index is 13.6. The first-order chi connectivity index (χ1) is 17.2. The predicted octanol–water partition coefficient (Wildman–Crippen LogP) is 4.31. The van der Waals surface area contributed by atoms with Gasteiger partial charge in [0.25, 0.3) is 0 Å². The number of hydrogen-bond donors (Lipinski definition) is 0. The molecule has 1 aliphatic heterocycles. The molecule has 4 heterocycles. The molecule has 6 rings (SSSR count). The number of fused-ring (bicyclic) bond motifs is 1. The van der Waals surface area contributed by atoms with E-state index in [1.807, 2.05) is 16.6 Å². The second-order valence-electron chi connectivity index (χ2n) is 8.68. The average molecular weight is 466 g/mol. The number of aromatic nitrogens is 5. The highest BCUT2D eigenvalue weighted by atomic mass is 19.1. The van der Waals surface area contributed by atoms with Gasteiger partial charge in [-0.1, -0.05) is 42.5 Å². The van der Waals surface area contributed by atoms with Crippen molar-refractivity contribution in [2.75, 3.05) is 31.1 Å². The number of piperazine rings is 1. The summed E-state index contributed by atoms with van der Waals surface area (Å²) >= 11 is 0. The lowest BCUT2D eigenvalue weighted by atomic mass is 10.1. The minimum Gasteiger partial charge on any atom is -0.353 e. The Balaban J connectivity index is 1.35. The molecule has 8 heteroatoms. The van der Waals surface area contributed by atoms with Crippen LogP contribution in [0.4, 0.5) is 10.2 Å². The zero-order valence-corrected chi connectivity index (χ0v) is 19.1. The Morgan fingerprint density at radius 1 is 0.800 bits per heavy atom. The maximum atomic E-state index is 13.6. The van der Waals surface area contributed by atoms with Crippen LogP contribution in [0.5, 0.6) is 0 Å². The summed E-state index contributed by atoms with van der Waals surface area (Å²) in [6.07, 6.45) is 5.16. The first-order valence-corrected chi connectivity index (χ1v) is 11.7. The van der Waals surface area contributed by atoms with Gasteiger partial charge in [-0.3, -0.25) is 4.90 Å². The van der Waals surface area contributed by atoms with Crippen molar-refractivity contribution in [2.45, 2.75) is 6.54 Å². The molecule has 35 heavy (non-hydrogen) atoms. The van der Waals surface area contributed by atoms with E-state index in [9.17, 15) is 4.39 Å². The SMILES string of the molecule is Fc1ccc(-c2cc(N3CCN(Cc4ccccc4)CC3)nn3c(-c4ccnnc4)cnc23)cc1. The van der Waals surface area contributed by atoms with Gasteiger partial charge in [-0.2, -0.15) is 10.2 Å². The summed E-state index contributed by atoms with van der Waals surface area (Å²) in [5.74, 6) is 0.609. The van der Waals surface area contributed by atoms with Crippen molar-refractivity contribution < 1.29 is 4.39 Å². The van der Waals surface area contributed by atoms with E-state index in [-0.39, 0.29) is 5.82 Å². The van der Waals surface area contributed by atoms with Crippen LogP contribution in [0.1, 0.15) is 5.56 Å². The number of halogens is 1. The van der Waals surface area contributed by atoms with Gasteiger partial charge in [-0.15, -0.1) is 5.10 Å². The Bertz CT molecular complexity index is 1430. The predicted molar refractivity (Wildman–Crippen MR) is 133 cm³/mol. The van der Waals surface area contributed by atoms with Crippen LogP contribution in [0, 0.1) is 5.82 Å². The number of benzene rings is 2. The first-order valence-electron chi connectivity index (χ1n) is 11.7. The van der Waals surface area contributed by atoms with Gasteiger partial charge in [0.15, 0.2) is 5.65 Å². The molecule has 7 nitrogen and oxygen atoms in total. The molecule has 5 aromatic rings. The van der Waals surface area contributed by atoms with Crippen LogP contribution in [-0.4, -0.2) is 55.9 Å². The Labute approximate surface area is 202 Å². The van der Waals surface area contributed by atoms with Crippen LogP contribution >= 0.6 is 0 Å². The molecule has 0 amide bonds. The fourth-order valence-electron chi connectivity index (χ4n) is 4.57. The molecule has 174 valence electrons. The fourth-order valence-corrected chi connectivity index (χ4v) is 4.57. The fraction of sp³-hybridized carbons (Fsp3) is 0.185. The second kappa shape index (κ2) is 9.23. The summed E-state index contributed by atoms with van der Waals surface area (Å²) < 4.78 is 15.5. The third-order valence-electron chi connectivity index (χ3n) is 6.44. The summed E-state index contributed by atoms with van der Waals surface area (Å²) in [7, 11) is 0. The van der Waals surface area contributed by atoms with Crippen LogP contribution < -0.4 is 4.90 Å². The summed E-state index contributed by atoms with van der Waals surface area (Å²) in [5.41, 5.74) is 5.57. The molecule has 0 aliphatic carbocycles. The molecule has 0 saturated carbocycles. The van der Waals surface area contributed by atoms with Crippen LogP contribution in [0.15, 0.2) is 85.3 Å². The van der Waals surface area contributed by atoms with Crippen molar-refractivity contribution in [1.29, 1.82) is 0 Å². The van der Waals surface area contributed by atoms with Crippen molar-refractivity contribution in [1.82, 2.24) is 29.7 Å². The normalized spacial score (nSPS) is 14.5. The van der Waals surface area contributed by atoms with Gasteiger partial charge in [0, 0.05) is 43.9 Å². The van der Waals surface area contributed by atoms with E-state index >= 15 is 0 Å². The third-order valence-corrected chi connectivity index (χ3v) is 6.44. The van der Waals surface area contributed by atoms with Crippen LogP contribution in [0.25, 0.3) is 28.0 Å². The molecule has 0 atom stereocenters. The van der Waals surface area contributed by atoms with E-state index in [0.29, 0.717) is 0 Å². The summed E-state index contributed by atoms with van der Waals surface area (Å²) in [4.78, 5) is 9.45. The lowest BCUT2D eigenvalue weighted by Crippen LogP contribution is -2.46.